The normalized spacial score (nSPS) is 23.1. The van der Waals surface area contributed by atoms with Gasteiger partial charge in [-0.25, -0.2) is 4.79 Å². The summed E-state index contributed by atoms with van der Waals surface area (Å²) in [5.74, 6) is 0. The summed E-state index contributed by atoms with van der Waals surface area (Å²) in [6.45, 7) is 6.70. The van der Waals surface area contributed by atoms with Gasteiger partial charge in [0.2, 0.25) is 0 Å². The molecule has 0 radical (unpaired) electrons. The zero-order valence-electron chi connectivity index (χ0n) is 14.8. The van der Waals surface area contributed by atoms with E-state index < -0.39 is 0 Å². The van der Waals surface area contributed by atoms with Gasteiger partial charge in [0.1, 0.15) is 0 Å². The van der Waals surface area contributed by atoms with Crippen LogP contribution in [-0.2, 0) is 9.47 Å². The standard InChI is InChI=1S/C19H25N3O3/c1-13-9-15-10-16(3-4-17(15)20-13)21-18(23)22-11-14(2)25-19(12-22)5-7-24-8-6-19/h3-4,9-10,14,20H,5-8,11-12H2,1-2H3,(H,21,23)/t14-/m1/s1. The Morgan fingerprint density at radius 3 is 2.92 bits per heavy atom. The van der Waals surface area contributed by atoms with Crippen molar-refractivity contribution in [3.8, 4) is 0 Å². The number of nitrogens with zero attached hydrogens (tertiary/aromatic N) is 1. The fraction of sp³-hybridized carbons (Fsp3) is 0.526. The predicted molar refractivity (Wildman–Crippen MR) is 97.0 cm³/mol. The highest BCUT2D eigenvalue weighted by molar-refractivity contribution is 5.93. The van der Waals surface area contributed by atoms with Crippen molar-refractivity contribution in [2.24, 2.45) is 0 Å². The van der Waals surface area contributed by atoms with Gasteiger partial charge in [0.15, 0.2) is 0 Å². The Balaban J connectivity index is 1.48. The van der Waals surface area contributed by atoms with Crippen LogP contribution in [0.1, 0.15) is 25.5 Å². The Morgan fingerprint density at radius 2 is 2.12 bits per heavy atom. The Labute approximate surface area is 147 Å². The quantitative estimate of drug-likeness (QED) is 0.835. The van der Waals surface area contributed by atoms with E-state index in [2.05, 4.69) is 16.4 Å². The van der Waals surface area contributed by atoms with Crippen LogP contribution in [-0.4, -0.2) is 53.9 Å². The largest absolute Gasteiger partial charge is 0.381 e. The third-order valence-corrected chi connectivity index (χ3v) is 5.11. The van der Waals surface area contributed by atoms with E-state index >= 15 is 0 Å². The second-order valence-electron chi connectivity index (χ2n) is 7.29. The number of nitrogens with one attached hydrogen (secondary N) is 2. The monoisotopic (exact) mass is 343 g/mol. The molecule has 0 unspecified atom stereocenters. The number of morpholine rings is 1. The maximum atomic E-state index is 12.8. The first-order chi connectivity index (χ1) is 12.0. The molecule has 2 N–H and O–H groups in total. The van der Waals surface area contributed by atoms with Gasteiger partial charge in [0.05, 0.1) is 18.2 Å². The fourth-order valence-electron chi connectivity index (χ4n) is 3.96. The predicted octanol–water partition coefficient (Wildman–Crippen LogP) is 3.28. The number of aromatic amines is 1. The third kappa shape index (κ3) is 3.37. The summed E-state index contributed by atoms with van der Waals surface area (Å²) in [5.41, 5.74) is 2.75. The first-order valence-corrected chi connectivity index (χ1v) is 8.94. The number of ether oxygens (including phenoxy) is 2. The molecule has 2 amide bonds. The van der Waals surface area contributed by atoms with Crippen molar-refractivity contribution in [1.29, 1.82) is 0 Å². The van der Waals surface area contributed by atoms with E-state index in [-0.39, 0.29) is 17.7 Å². The molecule has 0 aliphatic carbocycles. The van der Waals surface area contributed by atoms with E-state index in [4.69, 9.17) is 9.47 Å². The number of carbonyl (C=O) groups is 1. The number of aromatic nitrogens is 1. The van der Waals surface area contributed by atoms with Crippen LogP contribution in [0.15, 0.2) is 24.3 Å². The lowest BCUT2D eigenvalue weighted by Crippen LogP contribution is -2.59. The Bertz CT molecular complexity index is 779. The molecule has 1 atom stereocenters. The second kappa shape index (κ2) is 6.35. The highest BCUT2D eigenvalue weighted by Crippen LogP contribution is 2.31. The van der Waals surface area contributed by atoms with Crippen molar-refractivity contribution < 1.29 is 14.3 Å². The van der Waals surface area contributed by atoms with Crippen molar-refractivity contribution >= 4 is 22.6 Å². The Morgan fingerprint density at radius 1 is 1.32 bits per heavy atom. The van der Waals surface area contributed by atoms with Crippen LogP contribution in [0.25, 0.3) is 10.9 Å². The molecular weight excluding hydrogens is 318 g/mol. The second-order valence-corrected chi connectivity index (χ2v) is 7.29. The average Bonchev–Trinajstić information content (AvgIpc) is 2.94. The molecule has 6 heteroatoms. The van der Waals surface area contributed by atoms with Crippen LogP contribution in [0.5, 0.6) is 0 Å². The minimum atomic E-state index is -0.255. The average molecular weight is 343 g/mol. The molecule has 3 heterocycles. The van der Waals surface area contributed by atoms with Gasteiger partial charge in [-0.05, 0) is 38.1 Å². The molecule has 6 nitrogen and oxygen atoms in total. The Hall–Kier alpha value is -2.05. The minimum Gasteiger partial charge on any atom is -0.381 e. The lowest BCUT2D eigenvalue weighted by atomic mass is 9.91. The summed E-state index contributed by atoms with van der Waals surface area (Å²) in [5, 5.41) is 4.15. The highest BCUT2D eigenvalue weighted by atomic mass is 16.5. The van der Waals surface area contributed by atoms with Crippen molar-refractivity contribution in [2.45, 2.75) is 38.4 Å². The molecular formula is C19H25N3O3. The molecule has 0 saturated carbocycles. The van der Waals surface area contributed by atoms with E-state index in [0.717, 1.165) is 35.1 Å². The van der Waals surface area contributed by atoms with Gasteiger partial charge in [-0.1, -0.05) is 0 Å². The number of benzene rings is 1. The smallest absolute Gasteiger partial charge is 0.322 e. The summed E-state index contributed by atoms with van der Waals surface area (Å²) < 4.78 is 11.7. The molecule has 2 aliphatic rings. The minimum absolute atomic E-state index is 0.0346. The molecule has 1 spiro atoms. The van der Waals surface area contributed by atoms with Gasteiger partial charge < -0.3 is 24.7 Å². The van der Waals surface area contributed by atoms with E-state index in [1.165, 1.54) is 0 Å². The highest BCUT2D eigenvalue weighted by Gasteiger charge is 2.42. The molecule has 2 aliphatic heterocycles. The summed E-state index contributed by atoms with van der Waals surface area (Å²) in [7, 11) is 0. The van der Waals surface area contributed by atoms with Gasteiger partial charge in [-0.3, -0.25) is 0 Å². The SMILES string of the molecule is Cc1cc2cc(NC(=O)N3C[C@@H](C)OC4(CCOCC4)C3)ccc2[nH]1. The number of fused-ring (bicyclic) bond motifs is 1. The summed E-state index contributed by atoms with van der Waals surface area (Å²) in [6, 6.07) is 7.96. The first kappa shape index (κ1) is 16.4. The van der Waals surface area contributed by atoms with Crippen molar-refractivity contribution in [2.75, 3.05) is 31.6 Å². The lowest BCUT2D eigenvalue weighted by molar-refractivity contribution is -0.174. The van der Waals surface area contributed by atoms with Crippen LogP contribution in [0.3, 0.4) is 0 Å². The summed E-state index contributed by atoms with van der Waals surface area (Å²) >= 11 is 0. The zero-order chi connectivity index (χ0) is 17.4. The van der Waals surface area contributed by atoms with Gasteiger partial charge >= 0.3 is 6.03 Å². The third-order valence-electron chi connectivity index (χ3n) is 5.11. The number of rotatable bonds is 1. The number of urea groups is 1. The van der Waals surface area contributed by atoms with Gasteiger partial charge in [0.25, 0.3) is 0 Å². The first-order valence-electron chi connectivity index (χ1n) is 8.94. The fourth-order valence-corrected chi connectivity index (χ4v) is 3.96. The van der Waals surface area contributed by atoms with Crippen LogP contribution < -0.4 is 5.32 Å². The van der Waals surface area contributed by atoms with E-state index in [1.54, 1.807) is 0 Å². The maximum absolute atomic E-state index is 12.8. The molecule has 2 saturated heterocycles. The molecule has 2 aromatic rings. The van der Waals surface area contributed by atoms with Crippen LogP contribution >= 0.6 is 0 Å². The molecule has 1 aromatic carbocycles. The number of hydrogen-bond acceptors (Lipinski definition) is 3. The molecule has 1 aromatic heterocycles. The number of aryl methyl sites for hydroxylation is 1. The molecule has 2 fully saturated rings. The summed E-state index contributed by atoms with van der Waals surface area (Å²) in [6.07, 6.45) is 1.72. The number of H-pyrrole nitrogens is 1. The number of amides is 2. The van der Waals surface area contributed by atoms with Gasteiger partial charge in [-0.2, -0.15) is 0 Å². The van der Waals surface area contributed by atoms with Crippen LogP contribution in [0.2, 0.25) is 0 Å². The molecule has 0 bridgehead atoms. The Kier molecular flexibility index (Phi) is 4.17. The number of hydrogen-bond donors (Lipinski definition) is 2. The van der Waals surface area contributed by atoms with Gasteiger partial charge in [0, 0.05) is 54.9 Å². The summed E-state index contributed by atoms with van der Waals surface area (Å²) in [4.78, 5) is 18.0. The van der Waals surface area contributed by atoms with Crippen molar-refractivity contribution in [1.82, 2.24) is 9.88 Å². The molecule has 25 heavy (non-hydrogen) atoms. The van der Waals surface area contributed by atoms with Crippen molar-refractivity contribution in [3.05, 3.63) is 30.0 Å². The number of carbonyl (C=O) groups excluding carboxylic acids is 1. The maximum Gasteiger partial charge on any atom is 0.322 e. The van der Waals surface area contributed by atoms with Crippen LogP contribution in [0, 0.1) is 6.92 Å². The lowest BCUT2D eigenvalue weighted by Gasteiger charge is -2.47. The molecule has 4 rings (SSSR count). The van der Waals surface area contributed by atoms with Crippen LogP contribution in [0.4, 0.5) is 10.5 Å². The number of anilines is 1. The topological polar surface area (TPSA) is 66.6 Å². The van der Waals surface area contributed by atoms with E-state index in [0.29, 0.717) is 26.3 Å². The van der Waals surface area contributed by atoms with E-state index in [1.807, 2.05) is 36.9 Å². The zero-order valence-corrected chi connectivity index (χ0v) is 14.8. The molecule has 134 valence electrons. The van der Waals surface area contributed by atoms with Crippen molar-refractivity contribution in [3.63, 3.8) is 0 Å². The van der Waals surface area contributed by atoms with Gasteiger partial charge in [-0.15, -0.1) is 0 Å². The van der Waals surface area contributed by atoms with E-state index in [9.17, 15) is 4.79 Å².